The molecule has 0 aromatic rings. The summed E-state index contributed by atoms with van der Waals surface area (Å²) in [7, 11) is 0. The van der Waals surface area contributed by atoms with Gasteiger partial charge < -0.3 is 0 Å². The fraction of sp³-hybridized carbons (Fsp3) is 0. The Morgan fingerprint density at radius 1 is 0.500 bits per heavy atom. The SMILES string of the molecule is [In+3].[In+3].[O]=[Ti]([O-])[O-].[O]=[Ti]([O-])[O-].[O]=[Ti]([O-])[O-]. The predicted molar refractivity (Wildman–Crippen MR) is 13.6 cm³/mol. The second-order valence-corrected chi connectivity index (χ2v) is 3.09. The van der Waals surface area contributed by atoms with Crippen LogP contribution in [-0.4, -0.2) is 51.7 Å². The molecule has 0 aromatic heterocycles. The van der Waals surface area contributed by atoms with Crippen LogP contribution in [0, 0.1) is 0 Å². The van der Waals surface area contributed by atoms with Crippen LogP contribution < -0.4 is 22.1 Å². The Bertz CT molecular complexity index is 116. The van der Waals surface area contributed by atoms with Gasteiger partial charge in [0, 0.05) is 0 Å². The Labute approximate surface area is 137 Å². The second kappa shape index (κ2) is 25.0. The number of hydrogen-bond donors (Lipinski definition) is 0. The standard InChI is InChI=1S/2In.9O.3Ti/q2*+3;;;;6*-1;;;. The normalized spacial score (nSPS) is 5.57. The van der Waals surface area contributed by atoms with Crippen LogP contribution in [0.3, 0.4) is 0 Å². The van der Waals surface area contributed by atoms with E-state index in [0.717, 1.165) is 0 Å². The minimum atomic E-state index is -4.08. The van der Waals surface area contributed by atoms with Gasteiger partial charge in [-0.1, -0.05) is 0 Å². The number of rotatable bonds is 0. The molecule has 0 saturated heterocycles. The molecule has 0 spiro atoms. The molecule has 72 valence electrons. The first kappa shape index (κ1) is 30.2. The van der Waals surface area contributed by atoms with E-state index in [9.17, 15) is 0 Å². The molecule has 0 saturated carbocycles. The van der Waals surface area contributed by atoms with E-state index < -0.39 is 55.8 Å². The van der Waals surface area contributed by atoms with Gasteiger partial charge in [-0.05, 0) is 0 Å². The first-order chi connectivity index (χ1) is 5.20. The summed E-state index contributed by atoms with van der Waals surface area (Å²) < 4.78 is 77.2. The molecule has 0 aliphatic heterocycles. The van der Waals surface area contributed by atoms with Crippen molar-refractivity contribution in [2.75, 3.05) is 0 Å². The van der Waals surface area contributed by atoms with Crippen LogP contribution >= 0.6 is 0 Å². The van der Waals surface area contributed by atoms with Crippen molar-refractivity contribution >= 4 is 51.7 Å². The van der Waals surface area contributed by atoms with Crippen molar-refractivity contribution in [3.8, 4) is 0 Å². The van der Waals surface area contributed by atoms with E-state index in [1.807, 2.05) is 0 Å². The molecule has 0 N–H and O–H groups in total. The third-order valence-electron chi connectivity index (χ3n) is 0. The summed E-state index contributed by atoms with van der Waals surface area (Å²) in [5.41, 5.74) is 0. The zero-order valence-corrected chi connectivity index (χ0v) is 17.6. The van der Waals surface area contributed by atoms with E-state index in [2.05, 4.69) is 0 Å². The van der Waals surface area contributed by atoms with Gasteiger partial charge in [-0.15, -0.1) is 0 Å². The van der Waals surface area contributed by atoms with Gasteiger partial charge in [0.1, 0.15) is 0 Å². The molecule has 9 nitrogen and oxygen atoms in total. The molecular weight excluding hydrogens is 517 g/mol. The summed E-state index contributed by atoms with van der Waals surface area (Å²) in [6.07, 6.45) is 0. The van der Waals surface area contributed by atoms with Crippen LogP contribution in [0.15, 0.2) is 0 Å². The summed E-state index contributed by atoms with van der Waals surface area (Å²) in [6, 6.07) is 0. The van der Waals surface area contributed by atoms with Crippen LogP contribution in [0.1, 0.15) is 0 Å². The van der Waals surface area contributed by atoms with Crippen molar-refractivity contribution in [3.63, 3.8) is 0 Å². The van der Waals surface area contributed by atoms with Crippen LogP contribution in [0.25, 0.3) is 0 Å². The summed E-state index contributed by atoms with van der Waals surface area (Å²) in [4.78, 5) is 0. The van der Waals surface area contributed by atoms with E-state index >= 15 is 0 Å². The maximum atomic E-state index is 8.58. The van der Waals surface area contributed by atoms with E-state index in [1.165, 1.54) is 0 Å². The molecule has 0 fully saturated rings. The van der Waals surface area contributed by atoms with Crippen LogP contribution in [-0.2, 0) is 65.8 Å². The third-order valence-corrected chi connectivity index (χ3v) is 0. The van der Waals surface area contributed by atoms with Crippen molar-refractivity contribution in [2.45, 2.75) is 0 Å². The minimum absolute atomic E-state index is 0. The van der Waals surface area contributed by atoms with Gasteiger partial charge in [0.2, 0.25) is 0 Å². The summed E-state index contributed by atoms with van der Waals surface area (Å²) in [5, 5.41) is 0. The first-order valence-electron chi connectivity index (χ1n) is 1.84. The summed E-state index contributed by atoms with van der Waals surface area (Å²) >= 11 is -12.2. The Balaban J connectivity index is -0.0000000270. The van der Waals surface area contributed by atoms with Crippen molar-refractivity contribution in [1.82, 2.24) is 0 Å². The molecule has 0 amide bonds. The quantitative estimate of drug-likeness (QED) is 0.281. The summed E-state index contributed by atoms with van der Waals surface area (Å²) in [6.45, 7) is 0. The van der Waals surface area contributed by atoms with Crippen LogP contribution in [0.4, 0.5) is 0 Å². The van der Waals surface area contributed by atoms with Crippen molar-refractivity contribution in [3.05, 3.63) is 0 Å². The molecular formula is In2O9Ti3. The van der Waals surface area contributed by atoms with Gasteiger partial charge in [-0.25, -0.2) is 0 Å². The average Bonchev–Trinajstić information content (AvgIpc) is 1.54. The Morgan fingerprint density at radius 3 is 0.500 bits per heavy atom. The third kappa shape index (κ3) is 320. The summed E-state index contributed by atoms with van der Waals surface area (Å²) in [5.74, 6) is 0. The van der Waals surface area contributed by atoms with Gasteiger partial charge in [-0.2, -0.15) is 0 Å². The Hall–Kier alpha value is 3.04. The van der Waals surface area contributed by atoms with Gasteiger partial charge in [0.25, 0.3) is 0 Å². The maximum absolute atomic E-state index is 8.58. The van der Waals surface area contributed by atoms with E-state index in [1.54, 1.807) is 0 Å². The molecule has 14 heavy (non-hydrogen) atoms. The molecule has 0 atom stereocenters. The molecule has 0 aliphatic carbocycles. The van der Waals surface area contributed by atoms with Crippen molar-refractivity contribution in [1.29, 1.82) is 0 Å². The van der Waals surface area contributed by atoms with E-state index in [0.29, 0.717) is 0 Å². The number of hydrogen-bond acceptors (Lipinski definition) is 9. The topological polar surface area (TPSA) is 190 Å². The predicted octanol–water partition coefficient (Wildman–Crippen LogP) is -8.26. The van der Waals surface area contributed by atoms with E-state index in [4.69, 9.17) is 32.1 Å². The fourth-order valence-electron chi connectivity index (χ4n) is 0. The molecule has 0 heterocycles. The van der Waals surface area contributed by atoms with E-state index in [-0.39, 0.29) is 51.7 Å². The molecule has 0 aliphatic rings. The van der Waals surface area contributed by atoms with Crippen molar-refractivity contribution in [2.24, 2.45) is 0 Å². The van der Waals surface area contributed by atoms with Gasteiger partial charge >= 0.3 is 140 Å². The van der Waals surface area contributed by atoms with Gasteiger partial charge in [0.15, 0.2) is 0 Å². The fourth-order valence-corrected chi connectivity index (χ4v) is 0. The van der Waals surface area contributed by atoms with Gasteiger partial charge in [0.05, 0.1) is 0 Å². The van der Waals surface area contributed by atoms with Crippen LogP contribution in [0.5, 0.6) is 0 Å². The zero-order chi connectivity index (χ0) is 10.7. The Kier molecular flexibility index (Phi) is 54.1. The van der Waals surface area contributed by atoms with Gasteiger partial charge in [-0.3, -0.25) is 0 Å². The second-order valence-electron chi connectivity index (χ2n) is 0.750. The molecule has 0 bridgehead atoms. The molecule has 0 aromatic carbocycles. The van der Waals surface area contributed by atoms with Crippen molar-refractivity contribution < 1.29 is 88.0 Å². The molecule has 14 heteroatoms. The molecule has 0 radical (unpaired) electrons. The monoisotopic (exact) mass is 518 g/mol. The average molecular weight is 517 g/mol. The Morgan fingerprint density at radius 2 is 0.500 bits per heavy atom. The zero-order valence-electron chi connectivity index (χ0n) is 6.33. The molecule has 0 rings (SSSR count). The van der Waals surface area contributed by atoms with Crippen LogP contribution in [0.2, 0.25) is 0 Å². The molecule has 0 unspecified atom stereocenters. The first-order valence-corrected chi connectivity index (χ1v) is 7.57.